The van der Waals surface area contributed by atoms with Crippen molar-refractivity contribution in [3.8, 4) is 0 Å². The lowest BCUT2D eigenvalue weighted by molar-refractivity contribution is -0.384. The van der Waals surface area contributed by atoms with Crippen LogP contribution < -0.4 is 4.90 Å². The van der Waals surface area contributed by atoms with Gasteiger partial charge < -0.3 is 4.90 Å². The highest BCUT2D eigenvalue weighted by atomic mass is 35.5. The molecule has 1 aliphatic heterocycles. The number of benzene rings is 1. The fourth-order valence-corrected chi connectivity index (χ4v) is 2.79. The van der Waals surface area contributed by atoms with Gasteiger partial charge >= 0.3 is 5.69 Å². The molecule has 2 atom stereocenters. The average molecular weight is 255 g/mol. The molecule has 0 radical (unpaired) electrons. The molecule has 0 N–H and O–H groups in total. The quantitative estimate of drug-likeness (QED) is 0.600. The third-order valence-corrected chi connectivity index (χ3v) is 3.55. The van der Waals surface area contributed by atoms with Crippen molar-refractivity contribution in [3.63, 3.8) is 0 Å². The topological polar surface area (TPSA) is 46.4 Å². The Balaban J connectivity index is 2.45. The van der Waals surface area contributed by atoms with E-state index < -0.39 is 4.92 Å². The summed E-state index contributed by atoms with van der Waals surface area (Å²) in [5, 5.41) is 11.3. The molecule has 4 nitrogen and oxygen atoms in total. The predicted octanol–water partition coefficient (Wildman–Crippen LogP) is 3.48. The second-order valence-corrected chi connectivity index (χ2v) is 5.11. The number of anilines is 1. The maximum Gasteiger partial charge on any atom is 0.310 e. The molecule has 2 unspecified atom stereocenters. The van der Waals surface area contributed by atoms with Crippen molar-refractivity contribution in [2.75, 3.05) is 11.4 Å². The highest BCUT2D eigenvalue weighted by Gasteiger charge is 2.31. The second-order valence-electron chi connectivity index (χ2n) is 4.71. The fourth-order valence-electron chi connectivity index (χ4n) is 2.55. The zero-order chi connectivity index (χ0) is 12.6. The van der Waals surface area contributed by atoms with Gasteiger partial charge in [0.05, 0.1) is 4.92 Å². The van der Waals surface area contributed by atoms with Crippen LogP contribution in [0.2, 0.25) is 5.02 Å². The zero-order valence-corrected chi connectivity index (χ0v) is 10.6. The Morgan fingerprint density at radius 3 is 2.71 bits per heavy atom. The molecule has 1 saturated heterocycles. The maximum absolute atomic E-state index is 11.1. The molecule has 1 aromatic rings. The standard InChI is InChI=1S/C12H15ClN2O2/c1-8-6-9(2)14(7-8)11-5-3-4-10(13)12(11)15(16)17/h3-5,8-9H,6-7H2,1-2H3. The third-order valence-electron chi connectivity index (χ3n) is 3.24. The first kappa shape index (κ1) is 12.2. The van der Waals surface area contributed by atoms with Crippen LogP contribution in [0.4, 0.5) is 11.4 Å². The van der Waals surface area contributed by atoms with Crippen LogP contribution >= 0.6 is 11.6 Å². The lowest BCUT2D eigenvalue weighted by atomic mass is 10.1. The molecular weight excluding hydrogens is 240 g/mol. The molecule has 0 amide bonds. The summed E-state index contributed by atoms with van der Waals surface area (Å²) in [4.78, 5) is 12.8. The van der Waals surface area contributed by atoms with Crippen molar-refractivity contribution in [1.82, 2.24) is 0 Å². The number of nitrogens with zero attached hydrogens (tertiary/aromatic N) is 2. The molecule has 1 aromatic carbocycles. The molecular formula is C12H15ClN2O2. The lowest BCUT2D eigenvalue weighted by Gasteiger charge is -2.23. The molecule has 92 valence electrons. The smallest absolute Gasteiger partial charge is 0.310 e. The predicted molar refractivity (Wildman–Crippen MR) is 68.7 cm³/mol. The normalized spacial score (nSPS) is 24.1. The van der Waals surface area contributed by atoms with Crippen molar-refractivity contribution >= 4 is 23.0 Å². The molecule has 1 heterocycles. The Hall–Kier alpha value is -1.29. The van der Waals surface area contributed by atoms with Crippen LogP contribution in [0.15, 0.2) is 18.2 Å². The van der Waals surface area contributed by atoms with Crippen molar-refractivity contribution in [1.29, 1.82) is 0 Å². The van der Waals surface area contributed by atoms with E-state index in [-0.39, 0.29) is 10.7 Å². The van der Waals surface area contributed by atoms with Gasteiger partial charge in [0.25, 0.3) is 0 Å². The number of para-hydroxylation sites is 1. The summed E-state index contributed by atoms with van der Waals surface area (Å²) in [5.41, 5.74) is 0.662. The van der Waals surface area contributed by atoms with E-state index >= 15 is 0 Å². The third kappa shape index (κ3) is 2.22. The summed E-state index contributed by atoms with van der Waals surface area (Å²) >= 11 is 5.92. The molecule has 0 saturated carbocycles. The second kappa shape index (κ2) is 4.53. The zero-order valence-electron chi connectivity index (χ0n) is 9.89. The largest absolute Gasteiger partial charge is 0.363 e. The van der Waals surface area contributed by atoms with E-state index in [0.717, 1.165) is 13.0 Å². The van der Waals surface area contributed by atoms with Gasteiger partial charge in [-0.1, -0.05) is 24.6 Å². The van der Waals surface area contributed by atoms with Gasteiger partial charge in [-0.15, -0.1) is 0 Å². The molecule has 17 heavy (non-hydrogen) atoms. The van der Waals surface area contributed by atoms with E-state index in [4.69, 9.17) is 11.6 Å². The number of nitro groups is 1. The summed E-state index contributed by atoms with van der Waals surface area (Å²) in [6.07, 6.45) is 1.06. The van der Waals surface area contributed by atoms with Crippen LogP contribution in [-0.2, 0) is 0 Å². The fraction of sp³-hybridized carbons (Fsp3) is 0.500. The summed E-state index contributed by atoms with van der Waals surface area (Å²) in [7, 11) is 0. The van der Waals surface area contributed by atoms with Gasteiger partial charge in [0, 0.05) is 12.6 Å². The summed E-state index contributed by atoms with van der Waals surface area (Å²) in [5.74, 6) is 0.559. The molecule has 2 rings (SSSR count). The molecule has 0 spiro atoms. The summed E-state index contributed by atoms with van der Waals surface area (Å²) in [6, 6.07) is 5.42. The minimum atomic E-state index is -0.395. The van der Waals surface area contributed by atoms with E-state index in [1.54, 1.807) is 18.2 Å². The van der Waals surface area contributed by atoms with E-state index in [1.807, 2.05) is 0 Å². The molecule has 1 aliphatic rings. The van der Waals surface area contributed by atoms with E-state index in [0.29, 0.717) is 17.6 Å². The van der Waals surface area contributed by atoms with Gasteiger partial charge in [-0.3, -0.25) is 10.1 Å². The number of nitro benzene ring substituents is 1. The van der Waals surface area contributed by atoms with E-state index in [9.17, 15) is 10.1 Å². The van der Waals surface area contributed by atoms with Crippen LogP contribution in [0.25, 0.3) is 0 Å². The first-order valence-electron chi connectivity index (χ1n) is 5.70. The molecule has 0 bridgehead atoms. The first-order chi connectivity index (χ1) is 8.00. The Labute approximate surface area is 105 Å². The highest BCUT2D eigenvalue weighted by Crippen LogP contribution is 2.39. The Bertz CT molecular complexity index is 450. The monoisotopic (exact) mass is 254 g/mol. The van der Waals surface area contributed by atoms with Gasteiger partial charge in [-0.05, 0) is 31.4 Å². The van der Waals surface area contributed by atoms with Crippen LogP contribution in [0.5, 0.6) is 0 Å². The van der Waals surface area contributed by atoms with Gasteiger partial charge in [-0.25, -0.2) is 0 Å². The molecule has 1 fully saturated rings. The summed E-state index contributed by atoms with van der Waals surface area (Å²) < 4.78 is 0. The molecule has 0 aliphatic carbocycles. The number of rotatable bonds is 2. The van der Waals surface area contributed by atoms with Crippen LogP contribution in [0.3, 0.4) is 0 Å². The average Bonchev–Trinajstić information content (AvgIpc) is 2.56. The van der Waals surface area contributed by atoms with Gasteiger partial charge in [0.15, 0.2) is 0 Å². The lowest BCUT2D eigenvalue weighted by Crippen LogP contribution is -2.27. The maximum atomic E-state index is 11.1. The Morgan fingerprint density at radius 2 is 2.18 bits per heavy atom. The van der Waals surface area contributed by atoms with Crippen molar-refractivity contribution in [3.05, 3.63) is 33.3 Å². The van der Waals surface area contributed by atoms with Gasteiger partial charge in [-0.2, -0.15) is 0 Å². The van der Waals surface area contributed by atoms with Crippen LogP contribution in [-0.4, -0.2) is 17.5 Å². The number of hydrogen-bond donors (Lipinski definition) is 0. The van der Waals surface area contributed by atoms with Crippen molar-refractivity contribution in [2.24, 2.45) is 5.92 Å². The molecule has 5 heteroatoms. The minimum absolute atomic E-state index is 0.0233. The Kier molecular flexibility index (Phi) is 3.24. The van der Waals surface area contributed by atoms with Crippen molar-refractivity contribution < 1.29 is 4.92 Å². The Morgan fingerprint density at radius 1 is 1.47 bits per heavy atom. The van der Waals surface area contributed by atoms with Gasteiger partial charge in [0.2, 0.25) is 0 Å². The number of halogens is 1. The molecule has 0 aromatic heterocycles. The SMILES string of the molecule is CC1CC(C)N(c2cccc(Cl)c2[N+](=O)[O-])C1. The van der Waals surface area contributed by atoms with E-state index in [1.165, 1.54) is 0 Å². The van der Waals surface area contributed by atoms with Crippen LogP contribution in [0, 0.1) is 16.0 Å². The van der Waals surface area contributed by atoms with E-state index in [2.05, 4.69) is 18.7 Å². The first-order valence-corrected chi connectivity index (χ1v) is 6.08. The minimum Gasteiger partial charge on any atom is -0.363 e. The van der Waals surface area contributed by atoms with Crippen molar-refractivity contribution in [2.45, 2.75) is 26.3 Å². The van der Waals surface area contributed by atoms with Gasteiger partial charge in [0.1, 0.15) is 10.7 Å². The van der Waals surface area contributed by atoms with Crippen LogP contribution in [0.1, 0.15) is 20.3 Å². The highest BCUT2D eigenvalue weighted by molar-refractivity contribution is 6.33. The number of hydrogen-bond acceptors (Lipinski definition) is 3. The summed E-state index contributed by atoms with van der Waals surface area (Å²) in [6.45, 7) is 5.10.